The minimum absolute atomic E-state index is 0.0373. The fourth-order valence-electron chi connectivity index (χ4n) is 4.85. The van der Waals surface area contributed by atoms with E-state index in [1.54, 1.807) is 0 Å². The fraction of sp³-hybridized carbons (Fsp3) is 0.636. The summed E-state index contributed by atoms with van der Waals surface area (Å²) in [5.41, 5.74) is 11.2. The van der Waals surface area contributed by atoms with E-state index in [1.807, 2.05) is 18.2 Å². The smallest absolute Gasteiger partial charge is 0.229 e. The number of alkyl halides is 2. The molecule has 0 amide bonds. The molecule has 48 heavy (non-hydrogen) atoms. The molecule has 0 radical (unpaired) electrons. The molecule has 4 rings (SSSR count). The van der Waals surface area contributed by atoms with Crippen LogP contribution >= 0.6 is 33.9 Å². The van der Waals surface area contributed by atoms with Gasteiger partial charge in [0.05, 0.1) is 42.1 Å². The Balaban J connectivity index is 0.000000397. The largest absolute Gasteiger partial charge is 0.412 e. The topological polar surface area (TPSA) is 125 Å². The van der Waals surface area contributed by atoms with E-state index >= 15 is 0 Å². The molecule has 0 heterocycles. The predicted molar refractivity (Wildman–Crippen MR) is 209 cm³/mol. The predicted octanol–water partition coefficient (Wildman–Crippen LogP) is 8.46. The van der Waals surface area contributed by atoms with Gasteiger partial charge in [0, 0.05) is 10.7 Å². The fourth-order valence-corrected chi connectivity index (χ4v) is 8.26. The molecule has 0 saturated carbocycles. The first-order valence-electron chi connectivity index (χ1n) is 15.8. The first kappa shape index (κ1) is 45.5. The van der Waals surface area contributed by atoms with Gasteiger partial charge in [0.25, 0.3) is 0 Å². The first-order valence-corrected chi connectivity index (χ1v) is 27.3. The molecule has 0 bridgehead atoms. The van der Waals surface area contributed by atoms with Crippen LogP contribution in [0.3, 0.4) is 0 Å². The van der Waals surface area contributed by atoms with Crippen molar-refractivity contribution in [3.63, 3.8) is 0 Å². The molecular weight excluding hydrogens is 747 g/mol. The molecule has 276 valence electrons. The van der Waals surface area contributed by atoms with Crippen molar-refractivity contribution in [2.24, 2.45) is 5.73 Å². The summed E-state index contributed by atoms with van der Waals surface area (Å²) in [6.45, 7) is 22.4. The van der Waals surface area contributed by atoms with Gasteiger partial charge in [-0.3, -0.25) is 0 Å². The zero-order chi connectivity index (χ0) is 37.5. The van der Waals surface area contributed by atoms with Crippen molar-refractivity contribution in [2.75, 3.05) is 17.9 Å². The zero-order valence-corrected chi connectivity index (χ0v) is 36.4. The number of sulfonamides is 1. The normalized spacial score (nSPS) is 21.0. The second-order valence-electron chi connectivity index (χ2n) is 15.3. The molecule has 4 atom stereocenters. The van der Waals surface area contributed by atoms with Crippen LogP contribution in [0, 0.1) is 0 Å². The van der Waals surface area contributed by atoms with Crippen molar-refractivity contribution < 1.29 is 25.7 Å². The highest BCUT2D eigenvalue weighted by Gasteiger charge is 2.44. The van der Waals surface area contributed by atoms with Crippen LogP contribution in [0.2, 0.25) is 36.3 Å². The third-order valence-corrected chi connectivity index (χ3v) is 19.0. The number of hydrogen-bond donors (Lipinski definition) is 2. The van der Waals surface area contributed by atoms with Gasteiger partial charge in [0.1, 0.15) is 0 Å². The lowest BCUT2D eigenvalue weighted by Gasteiger charge is -2.39. The Labute approximate surface area is 307 Å². The van der Waals surface area contributed by atoms with Crippen molar-refractivity contribution >= 4 is 69.6 Å². The van der Waals surface area contributed by atoms with Crippen LogP contribution in [0.15, 0.2) is 48.5 Å². The molecule has 0 unspecified atom stereocenters. The first-order chi connectivity index (χ1) is 21.5. The number of hydrogen-bond acceptors (Lipinski definition) is 7. The van der Waals surface area contributed by atoms with Gasteiger partial charge in [-0.05, 0) is 71.4 Å². The van der Waals surface area contributed by atoms with Crippen LogP contribution in [0.25, 0.3) is 0 Å². The average Bonchev–Trinajstić information content (AvgIpc) is 3.37. The standard InChI is InChI=1S/C16H27NO3SSi.C15H25NOSi.CH2Cl2.CH3ClO2S/c1-16(2,3)22(5,6)20-14-11-12-9-7-8-10-13(12)15(14)17-21(4,18)19;1-15(2,3)18(4,5)17-13-10-11-8-6-7-9-12(11)14(13)16;2-1-3;1-5(2,3)4/h7-10,14-15,17H,11H2,1-6H3;6-9,13-14H,10,16H2,1-5H3;1H2;1H3/t14-,15-;13-,14-;;/m11../s1. The van der Waals surface area contributed by atoms with Crippen molar-refractivity contribution in [1.82, 2.24) is 4.72 Å². The summed E-state index contributed by atoms with van der Waals surface area (Å²) in [5, 5.41) is 0.527. The highest BCUT2D eigenvalue weighted by molar-refractivity contribution is 8.13. The third kappa shape index (κ3) is 14.6. The molecule has 2 aromatic rings. The van der Waals surface area contributed by atoms with Gasteiger partial charge in [-0.2, -0.15) is 0 Å². The Bertz CT molecular complexity index is 1540. The lowest BCUT2D eigenvalue weighted by Crippen LogP contribution is -2.47. The minimum atomic E-state index is -3.29. The van der Waals surface area contributed by atoms with Crippen LogP contribution in [0.1, 0.15) is 75.9 Å². The van der Waals surface area contributed by atoms with Gasteiger partial charge in [0.2, 0.25) is 19.1 Å². The summed E-state index contributed by atoms with van der Waals surface area (Å²) in [5.74, 6) is 0. The summed E-state index contributed by atoms with van der Waals surface area (Å²) in [6, 6.07) is 16.2. The number of halogens is 3. The maximum absolute atomic E-state index is 11.7. The van der Waals surface area contributed by atoms with E-state index < -0.39 is 35.7 Å². The molecule has 0 fully saturated rings. The van der Waals surface area contributed by atoms with Gasteiger partial charge < -0.3 is 14.6 Å². The third-order valence-electron chi connectivity index (χ3n) is 9.26. The van der Waals surface area contributed by atoms with E-state index in [0.29, 0.717) is 0 Å². The molecule has 3 N–H and O–H groups in total. The summed E-state index contributed by atoms with van der Waals surface area (Å²) in [4.78, 5) is 0. The monoisotopic (exact) mass is 802 g/mol. The summed E-state index contributed by atoms with van der Waals surface area (Å²) in [6.07, 6.45) is 3.88. The summed E-state index contributed by atoms with van der Waals surface area (Å²) in [7, 11) is -5.67. The second kappa shape index (κ2) is 17.8. The van der Waals surface area contributed by atoms with Crippen molar-refractivity contribution in [3.05, 3.63) is 70.8 Å². The van der Waals surface area contributed by atoms with Gasteiger partial charge in [-0.15, -0.1) is 23.2 Å². The molecule has 15 heteroatoms. The second-order valence-corrected chi connectivity index (χ2v) is 30.5. The van der Waals surface area contributed by atoms with E-state index in [4.69, 9.17) is 37.8 Å². The Morgan fingerprint density at radius 1 is 0.750 bits per heavy atom. The zero-order valence-electron chi connectivity index (χ0n) is 30.5. The maximum atomic E-state index is 11.7. The SMILES string of the molecule is CC(C)(C)[Si](C)(C)O[C@@H]1Cc2ccccc2[C@H]1N.CC(C)(C)[Si](C)(C)O[C@@H]1Cc2ccccc2[C@H]1NS(C)(=O)=O.CS(=O)(=O)Cl.ClCCl. The number of nitrogens with one attached hydrogen (secondary N) is 1. The highest BCUT2D eigenvalue weighted by atomic mass is 35.7. The lowest BCUT2D eigenvalue weighted by atomic mass is 10.1. The summed E-state index contributed by atoms with van der Waals surface area (Å²) >= 11 is 9.53. The average molecular weight is 804 g/mol. The molecule has 2 aliphatic rings. The number of rotatable bonds is 6. The number of fused-ring (bicyclic) bond motifs is 2. The van der Waals surface area contributed by atoms with Crippen LogP contribution in [-0.2, 0) is 40.8 Å². The Morgan fingerprint density at radius 3 is 1.46 bits per heavy atom. The highest BCUT2D eigenvalue weighted by Crippen LogP contribution is 2.43. The molecule has 0 aliphatic heterocycles. The molecule has 2 aromatic carbocycles. The van der Waals surface area contributed by atoms with E-state index in [1.165, 1.54) is 22.9 Å². The van der Waals surface area contributed by atoms with Crippen LogP contribution in [0.4, 0.5) is 0 Å². The number of nitrogens with two attached hydrogens (primary N) is 1. The van der Waals surface area contributed by atoms with E-state index in [9.17, 15) is 16.8 Å². The molecule has 0 saturated heterocycles. The van der Waals surface area contributed by atoms with Crippen LogP contribution < -0.4 is 10.5 Å². The number of benzene rings is 2. The Morgan fingerprint density at radius 2 is 1.08 bits per heavy atom. The van der Waals surface area contributed by atoms with Crippen molar-refractivity contribution in [1.29, 1.82) is 0 Å². The molecule has 8 nitrogen and oxygen atoms in total. The minimum Gasteiger partial charge on any atom is -0.412 e. The molecule has 0 aromatic heterocycles. The van der Waals surface area contributed by atoms with Crippen LogP contribution in [-0.4, -0.2) is 63.5 Å². The van der Waals surface area contributed by atoms with Crippen molar-refractivity contribution in [2.45, 2.75) is 115 Å². The Hall–Kier alpha value is -0.516. The van der Waals surface area contributed by atoms with Crippen molar-refractivity contribution in [3.8, 4) is 0 Å². The van der Waals surface area contributed by atoms with Gasteiger partial charge >= 0.3 is 0 Å². The Kier molecular flexibility index (Phi) is 16.9. The van der Waals surface area contributed by atoms with Gasteiger partial charge in [-0.25, -0.2) is 21.6 Å². The molecule has 0 spiro atoms. The van der Waals surface area contributed by atoms with E-state index in [0.717, 1.165) is 24.7 Å². The van der Waals surface area contributed by atoms with Gasteiger partial charge in [0.15, 0.2) is 16.6 Å². The maximum Gasteiger partial charge on any atom is 0.229 e. The quantitative estimate of drug-likeness (QED) is 0.171. The van der Waals surface area contributed by atoms with E-state index in [-0.39, 0.29) is 39.7 Å². The van der Waals surface area contributed by atoms with Crippen LogP contribution in [0.5, 0.6) is 0 Å². The molecular formula is C33H57Cl3N2O6S2Si2. The molecule has 2 aliphatic carbocycles. The van der Waals surface area contributed by atoms with Gasteiger partial charge in [-0.1, -0.05) is 90.1 Å². The van der Waals surface area contributed by atoms with E-state index in [2.05, 4.69) is 113 Å². The lowest BCUT2D eigenvalue weighted by molar-refractivity contribution is 0.158. The summed E-state index contributed by atoms with van der Waals surface area (Å²) < 4.78 is 58.1.